The quantitative estimate of drug-likeness (QED) is 0.316. The van der Waals surface area contributed by atoms with Crippen molar-refractivity contribution in [2.24, 2.45) is 0 Å². The molecule has 0 saturated heterocycles. The first-order chi connectivity index (χ1) is 13.4. The zero-order valence-corrected chi connectivity index (χ0v) is 15.7. The minimum absolute atomic E-state index is 0.658. The fourth-order valence-corrected chi connectivity index (χ4v) is 4.22. The average Bonchev–Trinajstić information content (AvgIpc) is 3.47. The number of hydrogen-bond donors (Lipinski definition) is 0. The lowest BCUT2D eigenvalue weighted by Crippen LogP contribution is -1.97. The molecule has 0 unspecified atom stereocenters. The van der Waals surface area contributed by atoms with Crippen molar-refractivity contribution in [1.29, 1.82) is 0 Å². The summed E-state index contributed by atoms with van der Waals surface area (Å²) in [5, 5.41) is 8.30. The summed E-state index contributed by atoms with van der Waals surface area (Å²) in [5.41, 5.74) is 2.64. The molecule has 0 fully saturated rings. The minimum atomic E-state index is 0.658. The molecule has 5 aromatic rings. The second kappa shape index (κ2) is 6.98. The van der Waals surface area contributed by atoms with E-state index in [1.165, 1.54) is 0 Å². The number of benzene rings is 1. The Labute approximate surface area is 162 Å². The predicted octanol–water partition coefficient (Wildman–Crippen LogP) is 4.82. The fraction of sp³-hybridized carbons (Fsp3) is 0.0526. The van der Waals surface area contributed by atoms with Gasteiger partial charge in [0.25, 0.3) is 0 Å². The molecule has 4 aromatic heterocycles. The van der Waals surface area contributed by atoms with Crippen LogP contribution in [0.4, 0.5) is 0 Å². The molecule has 8 heteroatoms. The topological polar surface area (TPSA) is 69.6 Å². The maximum Gasteiger partial charge on any atom is 0.236 e. The summed E-state index contributed by atoms with van der Waals surface area (Å²) in [5.74, 6) is 1.32. The SMILES string of the molecule is c1ccc(-n2ncc3c(SCc4coc(-c5cccs5)n4)ncnc32)cc1. The van der Waals surface area contributed by atoms with Gasteiger partial charge in [-0.2, -0.15) is 5.10 Å². The molecular weight excluding hydrogens is 378 g/mol. The van der Waals surface area contributed by atoms with Crippen molar-refractivity contribution in [2.45, 2.75) is 10.8 Å². The van der Waals surface area contributed by atoms with E-state index in [0.717, 1.165) is 32.3 Å². The Balaban J connectivity index is 1.40. The monoisotopic (exact) mass is 391 g/mol. The van der Waals surface area contributed by atoms with Crippen LogP contribution >= 0.6 is 23.1 Å². The molecule has 0 saturated carbocycles. The first kappa shape index (κ1) is 16.2. The molecule has 0 amide bonds. The highest BCUT2D eigenvalue weighted by Crippen LogP contribution is 2.30. The number of aromatic nitrogens is 5. The summed E-state index contributed by atoms with van der Waals surface area (Å²) in [6, 6.07) is 13.9. The van der Waals surface area contributed by atoms with Gasteiger partial charge in [-0.1, -0.05) is 36.0 Å². The molecule has 0 radical (unpaired) electrons. The zero-order chi connectivity index (χ0) is 18.1. The van der Waals surface area contributed by atoms with E-state index in [9.17, 15) is 0 Å². The molecule has 4 heterocycles. The predicted molar refractivity (Wildman–Crippen MR) is 106 cm³/mol. The molecule has 6 nitrogen and oxygen atoms in total. The van der Waals surface area contributed by atoms with Crippen molar-refractivity contribution in [1.82, 2.24) is 24.7 Å². The molecule has 0 N–H and O–H groups in total. The van der Waals surface area contributed by atoms with Gasteiger partial charge in [0.1, 0.15) is 17.6 Å². The van der Waals surface area contributed by atoms with Gasteiger partial charge in [0.2, 0.25) is 5.89 Å². The molecule has 0 aliphatic heterocycles. The first-order valence-corrected chi connectivity index (χ1v) is 10.1. The van der Waals surface area contributed by atoms with Gasteiger partial charge in [0, 0.05) is 5.75 Å². The van der Waals surface area contributed by atoms with Gasteiger partial charge in [0.05, 0.1) is 27.8 Å². The van der Waals surface area contributed by atoms with Crippen LogP contribution in [0.5, 0.6) is 0 Å². The summed E-state index contributed by atoms with van der Waals surface area (Å²) in [4.78, 5) is 14.4. The lowest BCUT2D eigenvalue weighted by Gasteiger charge is -2.03. The van der Waals surface area contributed by atoms with Crippen molar-refractivity contribution in [2.75, 3.05) is 0 Å². The summed E-state index contributed by atoms with van der Waals surface area (Å²) in [7, 11) is 0. The Morgan fingerprint density at radius 2 is 2.00 bits per heavy atom. The molecule has 5 rings (SSSR count). The lowest BCUT2D eigenvalue weighted by atomic mass is 10.3. The van der Waals surface area contributed by atoms with E-state index < -0.39 is 0 Å². The number of thioether (sulfide) groups is 1. The third-order valence-electron chi connectivity index (χ3n) is 3.97. The molecule has 1 aromatic carbocycles. The van der Waals surface area contributed by atoms with Gasteiger partial charge in [-0.05, 0) is 23.6 Å². The van der Waals surface area contributed by atoms with Crippen molar-refractivity contribution in [3.05, 3.63) is 72.3 Å². The maximum atomic E-state index is 5.58. The third kappa shape index (κ3) is 3.13. The van der Waals surface area contributed by atoms with Crippen LogP contribution in [0.25, 0.3) is 27.5 Å². The smallest absolute Gasteiger partial charge is 0.236 e. The van der Waals surface area contributed by atoms with Gasteiger partial charge in [0.15, 0.2) is 5.65 Å². The second-order valence-electron chi connectivity index (χ2n) is 5.72. The highest BCUT2D eigenvalue weighted by atomic mass is 32.2. The van der Waals surface area contributed by atoms with Gasteiger partial charge < -0.3 is 4.42 Å². The number of para-hydroxylation sites is 1. The third-order valence-corrected chi connectivity index (χ3v) is 5.87. The van der Waals surface area contributed by atoms with Crippen LogP contribution in [-0.4, -0.2) is 24.7 Å². The molecule has 0 bridgehead atoms. The second-order valence-corrected chi connectivity index (χ2v) is 7.63. The highest BCUT2D eigenvalue weighted by Gasteiger charge is 2.13. The number of nitrogens with zero attached hydrogens (tertiary/aromatic N) is 5. The Hall–Kier alpha value is -2.97. The van der Waals surface area contributed by atoms with E-state index in [1.807, 2.05) is 58.7 Å². The van der Waals surface area contributed by atoms with E-state index in [2.05, 4.69) is 20.1 Å². The minimum Gasteiger partial charge on any atom is -0.444 e. The Morgan fingerprint density at radius 3 is 2.85 bits per heavy atom. The van der Waals surface area contributed by atoms with Crippen molar-refractivity contribution in [3.8, 4) is 16.5 Å². The number of rotatable bonds is 5. The molecule has 0 atom stereocenters. The molecule has 27 heavy (non-hydrogen) atoms. The van der Waals surface area contributed by atoms with Crippen molar-refractivity contribution >= 4 is 34.1 Å². The Bertz CT molecular complexity index is 1180. The number of fused-ring (bicyclic) bond motifs is 1. The molecule has 132 valence electrons. The Morgan fingerprint density at radius 1 is 1.07 bits per heavy atom. The van der Waals surface area contributed by atoms with E-state index in [0.29, 0.717) is 11.6 Å². The van der Waals surface area contributed by atoms with Crippen LogP contribution in [-0.2, 0) is 5.75 Å². The maximum absolute atomic E-state index is 5.58. The van der Waals surface area contributed by atoms with Crippen LogP contribution in [0, 0.1) is 0 Å². The van der Waals surface area contributed by atoms with E-state index >= 15 is 0 Å². The molecular formula is C19H13N5OS2. The number of hydrogen-bond acceptors (Lipinski definition) is 7. The summed E-state index contributed by atoms with van der Waals surface area (Å²) >= 11 is 3.21. The Kier molecular flexibility index (Phi) is 4.19. The van der Waals surface area contributed by atoms with E-state index in [-0.39, 0.29) is 0 Å². The number of oxazole rings is 1. The normalized spacial score (nSPS) is 11.3. The highest BCUT2D eigenvalue weighted by molar-refractivity contribution is 7.98. The van der Waals surface area contributed by atoms with Crippen LogP contribution in [0.1, 0.15) is 5.69 Å². The lowest BCUT2D eigenvalue weighted by molar-refractivity contribution is 0.575. The standard InChI is InChI=1S/C19H13N5OS2/c1-2-5-14(6-3-1)24-17-15(9-22-24)19(21-12-20-17)27-11-13-10-25-18(23-13)16-7-4-8-26-16/h1-10,12H,11H2. The van der Waals surface area contributed by atoms with Crippen LogP contribution in [0.3, 0.4) is 0 Å². The van der Waals surface area contributed by atoms with Crippen LogP contribution < -0.4 is 0 Å². The van der Waals surface area contributed by atoms with Gasteiger partial charge in [-0.25, -0.2) is 19.6 Å². The molecule has 0 spiro atoms. The average molecular weight is 391 g/mol. The van der Waals surface area contributed by atoms with Gasteiger partial charge in [-0.3, -0.25) is 0 Å². The number of thiophene rings is 1. The zero-order valence-electron chi connectivity index (χ0n) is 14.0. The van der Waals surface area contributed by atoms with E-state index in [1.54, 1.807) is 35.7 Å². The molecule has 0 aliphatic carbocycles. The van der Waals surface area contributed by atoms with Gasteiger partial charge in [-0.15, -0.1) is 11.3 Å². The fourth-order valence-electron chi connectivity index (χ4n) is 2.72. The van der Waals surface area contributed by atoms with Crippen LogP contribution in [0.15, 0.2) is 76.1 Å². The van der Waals surface area contributed by atoms with Crippen molar-refractivity contribution < 1.29 is 4.42 Å². The summed E-state index contributed by atoms with van der Waals surface area (Å²) < 4.78 is 7.41. The molecule has 0 aliphatic rings. The van der Waals surface area contributed by atoms with Crippen molar-refractivity contribution in [3.63, 3.8) is 0 Å². The first-order valence-electron chi connectivity index (χ1n) is 8.24. The summed E-state index contributed by atoms with van der Waals surface area (Å²) in [6.45, 7) is 0. The van der Waals surface area contributed by atoms with Gasteiger partial charge >= 0.3 is 0 Å². The summed E-state index contributed by atoms with van der Waals surface area (Å²) in [6.07, 6.45) is 5.09. The van der Waals surface area contributed by atoms with Crippen LogP contribution in [0.2, 0.25) is 0 Å². The largest absolute Gasteiger partial charge is 0.444 e. The van der Waals surface area contributed by atoms with E-state index in [4.69, 9.17) is 4.42 Å².